The number of nitrogens with two attached hydrogens (primary N) is 1. The first kappa shape index (κ1) is 24.9. The van der Waals surface area contributed by atoms with Crippen LogP contribution in [0.3, 0.4) is 0 Å². The highest BCUT2D eigenvalue weighted by Crippen LogP contribution is 2.34. The Hall–Kier alpha value is -1.40. The van der Waals surface area contributed by atoms with Crippen molar-refractivity contribution in [2.75, 3.05) is 13.1 Å². The quantitative estimate of drug-likeness (QED) is 0.605. The molecule has 0 aliphatic heterocycles. The lowest BCUT2D eigenvalue weighted by molar-refractivity contribution is 0.202. The largest absolute Gasteiger partial charge is 0.300 e. The molecule has 1 aliphatic carbocycles. The van der Waals surface area contributed by atoms with Crippen molar-refractivity contribution in [1.82, 2.24) is 4.90 Å². The second-order valence-corrected chi connectivity index (χ2v) is 10.1. The molecule has 1 atom stereocenters. The summed E-state index contributed by atoms with van der Waals surface area (Å²) in [6.45, 7) is 11.0. The van der Waals surface area contributed by atoms with E-state index < -0.39 is 10.0 Å². The molecule has 2 aromatic rings. The molecule has 166 valence electrons. The van der Waals surface area contributed by atoms with Crippen LogP contribution >= 0.6 is 12.4 Å². The summed E-state index contributed by atoms with van der Waals surface area (Å²) >= 11 is 0. The molecule has 3 rings (SSSR count). The van der Waals surface area contributed by atoms with Gasteiger partial charge >= 0.3 is 0 Å². The molecule has 2 N–H and O–H groups in total. The molecule has 0 spiro atoms. The molecular formula is C24H35ClN2O2S. The van der Waals surface area contributed by atoms with Crippen LogP contribution in [0.1, 0.15) is 63.1 Å². The fourth-order valence-electron chi connectivity index (χ4n) is 4.45. The van der Waals surface area contributed by atoms with Gasteiger partial charge in [0.2, 0.25) is 10.0 Å². The Morgan fingerprint density at radius 3 is 2.20 bits per heavy atom. The minimum atomic E-state index is -3.79. The number of benzene rings is 2. The summed E-state index contributed by atoms with van der Waals surface area (Å²) in [5, 5.41) is 5.53. The molecule has 0 unspecified atom stereocenters. The van der Waals surface area contributed by atoms with E-state index in [4.69, 9.17) is 5.14 Å². The van der Waals surface area contributed by atoms with Crippen LogP contribution in [0.4, 0.5) is 0 Å². The number of nitrogens with zero attached hydrogens (tertiary/aromatic N) is 1. The fraction of sp³-hybridized carbons (Fsp3) is 0.500. The first-order valence-electron chi connectivity index (χ1n) is 10.8. The maximum absolute atomic E-state index is 12.2. The highest BCUT2D eigenvalue weighted by molar-refractivity contribution is 7.89. The zero-order valence-corrected chi connectivity index (χ0v) is 20.2. The topological polar surface area (TPSA) is 63.4 Å². The molecule has 0 bridgehead atoms. The maximum atomic E-state index is 12.2. The maximum Gasteiger partial charge on any atom is 0.238 e. The summed E-state index contributed by atoms with van der Waals surface area (Å²) in [6, 6.07) is 12.5. The van der Waals surface area contributed by atoms with Crippen LogP contribution in [0.2, 0.25) is 0 Å². The van der Waals surface area contributed by atoms with Gasteiger partial charge in [-0.2, -0.15) is 0 Å². The number of hydrogen-bond donors (Lipinski definition) is 1. The molecule has 1 aliphatic rings. The minimum absolute atomic E-state index is 0. The van der Waals surface area contributed by atoms with Crippen molar-refractivity contribution in [3.8, 4) is 11.1 Å². The molecule has 0 fully saturated rings. The molecule has 0 aromatic heterocycles. The zero-order valence-electron chi connectivity index (χ0n) is 18.5. The van der Waals surface area contributed by atoms with Crippen molar-refractivity contribution in [2.45, 2.75) is 70.2 Å². The predicted octanol–water partition coefficient (Wildman–Crippen LogP) is 5.14. The average molecular weight is 451 g/mol. The van der Waals surface area contributed by atoms with Crippen LogP contribution in [0.25, 0.3) is 11.1 Å². The average Bonchev–Trinajstić information content (AvgIpc) is 3.09. The van der Waals surface area contributed by atoms with Crippen molar-refractivity contribution >= 4 is 22.4 Å². The SMILES string of the molecule is CCCN(CCC)[C@@H]1Cc2ccc(-c3cc(C(C)C)ccc3S(N)(=O)=O)cc2C1.Cl. The summed E-state index contributed by atoms with van der Waals surface area (Å²) in [5.41, 5.74) is 5.48. The lowest BCUT2D eigenvalue weighted by atomic mass is 9.95. The van der Waals surface area contributed by atoms with Gasteiger partial charge in [-0.25, -0.2) is 13.6 Å². The third kappa shape index (κ3) is 5.44. The predicted molar refractivity (Wildman–Crippen MR) is 128 cm³/mol. The van der Waals surface area contributed by atoms with E-state index >= 15 is 0 Å². The Balaban J connectivity index is 0.00000320. The lowest BCUT2D eigenvalue weighted by Gasteiger charge is -2.27. The van der Waals surface area contributed by atoms with E-state index in [9.17, 15) is 8.42 Å². The fourth-order valence-corrected chi connectivity index (χ4v) is 5.19. The molecular weight excluding hydrogens is 416 g/mol. The Morgan fingerprint density at radius 1 is 1.00 bits per heavy atom. The molecule has 0 amide bonds. The van der Waals surface area contributed by atoms with Crippen molar-refractivity contribution in [3.05, 3.63) is 53.1 Å². The van der Waals surface area contributed by atoms with Crippen LogP contribution in [-0.4, -0.2) is 32.4 Å². The van der Waals surface area contributed by atoms with Crippen LogP contribution in [0.15, 0.2) is 41.3 Å². The number of halogens is 1. The molecule has 4 nitrogen and oxygen atoms in total. The van der Waals surface area contributed by atoms with Gasteiger partial charge in [0.25, 0.3) is 0 Å². The summed E-state index contributed by atoms with van der Waals surface area (Å²) < 4.78 is 24.4. The Kier molecular flexibility index (Phi) is 8.51. The van der Waals surface area contributed by atoms with Gasteiger partial charge in [0.15, 0.2) is 0 Å². The van der Waals surface area contributed by atoms with Gasteiger partial charge in [0, 0.05) is 11.6 Å². The summed E-state index contributed by atoms with van der Waals surface area (Å²) in [6.07, 6.45) is 4.43. The molecule has 0 saturated carbocycles. The van der Waals surface area contributed by atoms with Crippen LogP contribution in [0.5, 0.6) is 0 Å². The van der Waals surface area contributed by atoms with E-state index in [0.717, 1.165) is 49.9 Å². The molecule has 0 saturated heterocycles. The van der Waals surface area contributed by atoms with Crippen molar-refractivity contribution in [1.29, 1.82) is 0 Å². The molecule has 30 heavy (non-hydrogen) atoms. The van der Waals surface area contributed by atoms with Gasteiger partial charge in [0.1, 0.15) is 0 Å². The monoisotopic (exact) mass is 450 g/mol. The standard InChI is InChI=1S/C24H34N2O2S.ClH/c1-5-11-26(12-6-2)22-14-19-7-8-20(13-21(19)15-22)23-16-18(17(3)4)9-10-24(23)29(25,27)28;/h7-10,13,16-17,22H,5-6,11-12,14-15H2,1-4H3,(H2,25,27,28);1H/t22-;/m1./s1. The van der Waals surface area contributed by atoms with E-state index in [1.807, 2.05) is 12.1 Å². The smallest absolute Gasteiger partial charge is 0.238 e. The van der Waals surface area contributed by atoms with E-state index in [0.29, 0.717) is 17.5 Å². The third-order valence-electron chi connectivity index (χ3n) is 5.94. The van der Waals surface area contributed by atoms with Crippen LogP contribution in [-0.2, 0) is 22.9 Å². The molecule has 2 aromatic carbocycles. The number of primary sulfonamides is 1. The van der Waals surface area contributed by atoms with Crippen molar-refractivity contribution in [3.63, 3.8) is 0 Å². The number of rotatable bonds is 8. The van der Waals surface area contributed by atoms with E-state index in [1.165, 1.54) is 11.1 Å². The van der Waals surface area contributed by atoms with Crippen LogP contribution in [0, 0.1) is 0 Å². The highest BCUT2D eigenvalue weighted by atomic mass is 35.5. The highest BCUT2D eigenvalue weighted by Gasteiger charge is 2.27. The van der Waals surface area contributed by atoms with E-state index in [1.54, 1.807) is 6.07 Å². The van der Waals surface area contributed by atoms with Crippen LogP contribution < -0.4 is 5.14 Å². The third-order valence-corrected chi connectivity index (χ3v) is 6.91. The molecule has 0 radical (unpaired) electrons. The van der Waals surface area contributed by atoms with E-state index in [2.05, 4.69) is 50.8 Å². The van der Waals surface area contributed by atoms with Gasteiger partial charge in [-0.15, -0.1) is 12.4 Å². The van der Waals surface area contributed by atoms with Gasteiger partial charge in [-0.05, 0) is 79.1 Å². The second kappa shape index (κ2) is 10.3. The Bertz CT molecular complexity index is 967. The Labute approximate surface area is 188 Å². The Morgan fingerprint density at radius 2 is 1.63 bits per heavy atom. The number of hydrogen-bond acceptors (Lipinski definition) is 3. The molecule has 6 heteroatoms. The van der Waals surface area contributed by atoms with Crippen molar-refractivity contribution < 1.29 is 8.42 Å². The van der Waals surface area contributed by atoms with Crippen molar-refractivity contribution in [2.24, 2.45) is 5.14 Å². The first-order chi connectivity index (χ1) is 13.7. The second-order valence-electron chi connectivity index (χ2n) is 8.54. The number of fused-ring (bicyclic) bond motifs is 1. The van der Waals surface area contributed by atoms with Gasteiger partial charge in [-0.1, -0.05) is 52.0 Å². The first-order valence-corrected chi connectivity index (χ1v) is 12.3. The summed E-state index contributed by atoms with van der Waals surface area (Å²) in [5.74, 6) is 0.318. The summed E-state index contributed by atoms with van der Waals surface area (Å²) in [4.78, 5) is 2.81. The summed E-state index contributed by atoms with van der Waals surface area (Å²) in [7, 11) is -3.79. The zero-order chi connectivity index (χ0) is 21.2. The molecule has 0 heterocycles. The normalized spacial score (nSPS) is 16.0. The van der Waals surface area contributed by atoms with Gasteiger partial charge in [0.05, 0.1) is 4.90 Å². The van der Waals surface area contributed by atoms with Gasteiger partial charge < -0.3 is 0 Å². The minimum Gasteiger partial charge on any atom is -0.300 e. The lowest BCUT2D eigenvalue weighted by Crippen LogP contribution is -2.37. The van der Waals surface area contributed by atoms with Gasteiger partial charge in [-0.3, -0.25) is 4.90 Å². The van der Waals surface area contributed by atoms with E-state index in [-0.39, 0.29) is 17.3 Å². The number of sulfonamides is 1.